The van der Waals surface area contributed by atoms with Crippen molar-refractivity contribution in [2.24, 2.45) is 17.8 Å². The van der Waals surface area contributed by atoms with Gasteiger partial charge in [-0.1, -0.05) is 136 Å². The van der Waals surface area contributed by atoms with Gasteiger partial charge < -0.3 is 9.47 Å². The van der Waals surface area contributed by atoms with Crippen LogP contribution >= 0.6 is 0 Å². The van der Waals surface area contributed by atoms with E-state index >= 15 is 0 Å². The fourth-order valence-electron chi connectivity index (χ4n) is 5.38. The van der Waals surface area contributed by atoms with Crippen LogP contribution in [0.5, 0.6) is 0 Å². The number of hydrogen-bond donors (Lipinski definition) is 0. The number of carbonyl (C=O) groups is 2. The van der Waals surface area contributed by atoms with E-state index in [4.69, 9.17) is 9.47 Å². The highest BCUT2D eigenvalue weighted by atomic mass is 16.5. The maximum absolute atomic E-state index is 12.7. The van der Waals surface area contributed by atoms with Crippen molar-refractivity contribution in [2.75, 3.05) is 13.2 Å². The Kier molecular flexibility index (Phi) is 21.1. The highest BCUT2D eigenvalue weighted by Gasteiger charge is 2.37. The van der Waals surface area contributed by atoms with Crippen LogP contribution in [0.4, 0.5) is 0 Å². The summed E-state index contributed by atoms with van der Waals surface area (Å²) >= 11 is 0. The maximum atomic E-state index is 12.7. The molecule has 0 aromatic carbocycles. The molecule has 0 heterocycles. The van der Waals surface area contributed by atoms with Crippen LogP contribution in [0, 0.1) is 17.8 Å². The minimum Gasteiger partial charge on any atom is -0.465 e. The van der Waals surface area contributed by atoms with Crippen molar-refractivity contribution in [3.8, 4) is 0 Å². The van der Waals surface area contributed by atoms with Crippen molar-refractivity contribution in [2.45, 2.75) is 162 Å². The molecule has 0 saturated heterocycles. The van der Waals surface area contributed by atoms with Crippen molar-refractivity contribution in [3.05, 3.63) is 0 Å². The topological polar surface area (TPSA) is 52.6 Å². The van der Waals surface area contributed by atoms with E-state index in [1.165, 1.54) is 89.9 Å². The summed E-state index contributed by atoms with van der Waals surface area (Å²) in [6.07, 6.45) is 26.2. The van der Waals surface area contributed by atoms with Gasteiger partial charge in [-0.3, -0.25) is 9.59 Å². The SMILES string of the molecule is CCCCCCCCCCCCCCOC(=O)C1CCCCC1C(=O)OCCCCCCCC(C)C. The smallest absolute Gasteiger partial charge is 0.309 e. The summed E-state index contributed by atoms with van der Waals surface area (Å²) in [4.78, 5) is 25.4. The number of rotatable bonds is 23. The van der Waals surface area contributed by atoms with E-state index in [1.807, 2.05) is 0 Å². The molecule has 212 valence electrons. The van der Waals surface area contributed by atoms with Gasteiger partial charge in [-0.2, -0.15) is 0 Å². The summed E-state index contributed by atoms with van der Waals surface area (Å²) in [6.45, 7) is 7.79. The Balaban J connectivity index is 2.08. The van der Waals surface area contributed by atoms with Gasteiger partial charge in [0.05, 0.1) is 25.0 Å². The van der Waals surface area contributed by atoms with Crippen LogP contribution in [0.25, 0.3) is 0 Å². The van der Waals surface area contributed by atoms with Gasteiger partial charge in [0, 0.05) is 0 Å². The lowest BCUT2D eigenvalue weighted by Gasteiger charge is -2.28. The number of unbranched alkanes of at least 4 members (excludes halogenated alkanes) is 15. The van der Waals surface area contributed by atoms with Crippen LogP contribution in [0.3, 0.4) is 0 Å². The molecule has 1 aliphatic rings. The highest BCUT2D eigenvalue weighted by molar-refractivity contribution is 5.82. The molecule has 0 aromatic rings. The molecule has 0 aromatic heterocycles. The van der Waals surface area contributed by atoms with Crippen LogP contribution in [-0.4, -0.2) is 25.2 Å². The van der Waals surface area contributed by atoms with Gasteiger partial charge in [0.25, 0.3) is 0 Å². The summed E-state index contributed by atoms with van der Waals surface area (Å²) in [6, 6.07) is 0. The molecule has 1 rings (SSSR count). The van der Waals surface area contributed by atoms with Gasteiger partial charge in [-0.25, -0.2) is 0 Å². The van der Waals surface area contributed by atoms with Gasteiger partial charge >= 0.3 is 11.9 Å². The molecule has 4 heteroatoms. The van der Waals surface area contributed by atoms with E-state index in [-0.39, 0.29) is 23.8 Å². The largest absolute Gasteiger partial charge is 0.465 e. The predicted octanol–water partition coefficient (Wildman–Crippen LogP) is 9.58. The average molecular weight is 509 g/mol. The van der Waals surface area contributed by atoms with Gasteiger partial charge in [0.1, 0.15) is 0 Å². The van der Waals surface area contributed by atoms with Crippen molar-refractivity contribution < 1.29 is 19.1 Å². The predicted molar refractivity (Wildman–Crippen MR) is 151 cm³/mol. The Hall–Kier alpha value is -1.06. The first kappa shape index (κ1) is 33.0. The molecule has 2 atom stereocenters. The summed E-state index contributed by atoms with van der Waals surface area (Å²) in [5.74, 6) is -0.184. The van der Waals surface area contributed by atoms with E-state index in [0.717, 1.165) is 57.3 Å². The molecule has 2 unspecified atom stereocenters. The Morgan fingerprint density at radius 3 is 1.33 bits per heavy atom. The lowest BCUT2D eigenvalue weighted by Crippen LogP contribution is -2.35. The lowest BCUT2D eigenvalue weighted by atomic mass is 9.79. The minimum atomic E-state index is -0.306. The van der Waals surface area contributed by atoms with Gasteiger partial charge in [0.15, 0.2) is 0 Å². The Morgan fingerprint density at radius 1 is 0.583 bits per heavy atom. The minimum absolute atomic E-state index is 0.176. The molecule has 4 nitrogen and oxygen atoms in total. The molecule has 0 bridgehead atoms. The fourth-order valence-corrected chi connectivity index (χ4v) is 5.38. The van der Waals surface area contributed by atoms with Crippen molar-refractivity contribution >= 4 is 11.9 Å². The molecule has 0 N–H and O–H groups in total. The maximum Gasteiger partial charge on any atom is 0.309 e. The molecule has 1 fully saturated rings. The summed E-state index contributed by atoms with van der Waals surface area (Å²) in [5, 5.41) is 0. The zero-order valence-electron chi connectivity index (χ0n) is 24.3. The molecule has 1 aliphatic carbocycles. The molecule has 0 radical (unpaired) electrons. The molecule has 0 amide bonds. The van der Waals surface area contributed by atoms with Gasteiger partial charge in [-0.05, 0) is 31.6 Å². The van der Waals surface area contributed by atoms with E-state index in [2.05, 4.69) is 20.8 Å². The summed E-state index contributed by atoms with van der Waals surface area (Å²) in [7, 11) is 0. The van der Waals surface area contributed by atoms with E-state index in [1.54, 1.807) is 0 Å². The third-order valence-electron chi connectivity index (χ3n) is 7.78. The zero-order chi connectivity index (χ0) is 26.3. The second-order valence-corrected chi connectivity index (χ2v) is 11.7. The normalized spacial score (nSPS) is 17.9. The highest BCUT2D eigenvalue weighted by Crippen LogP contribution is 2.32. The van der Waals surface area contributed by atoms with Crippen LogP contribution in [0.1, 0.15) is 162 Å². The zero-order valence-corrected chi connectivity index (χ0v) is 24.3. The third kappa shape index (κ3) is 17.4. The molecule has 1 saturated carbocycles. The van der Waals surface area contributed by atoms with Crippen molar-refractivity contribution in [1.29, 1.82) is 0 Å². The van der Waals surface area contributed by atoms with Crippen LogP contribution < -0.4 is 0 Å². The fraction of sp³-hybridized carbons (Fsp3) is 0.938. The Morgan fingerprint density at radius 2 is 0.944 bits per heavy atom. The van der Waals surface area contributed by atoms with Crippen LogP contribution in [-0.2, 0) is 19.1 Å². The van der Waals surface area contributed by atoms with Gasteiger partial charge in [0.2, 0.25) is 0 Å². The quantitative estimate of drug-likeness (QED) is 0.102. The number of esters is 2. The number of hydrogen-bond acceptors (Lipinski definition) is 4. The lowest BCUT2D eigenvalue weighted by molar-refractivity contribution is -0.163. The first-order chi connectivity index (χ1) is 17.6. The van der Waals surface area contributed by atoms with E-state index in [9.17, 15) is 9.59 Å². The summed E-state index contributed by atoms with van der Waals surface area (Å²) in [5.41, 5.74) is 0. The molecular weight excluding hydrogens is 448 g/mol. The summed E-state index contributed by atoms with van der Waals surface area (Å²) < 4.78 is 11.2. The molecule has 0 spiro atoms. The standard InChI is InChI=1S/C32H60O4/c1-4-5-6-7-8-9-10-11-12-13-16-21-26-35-31(33)29-24-19-20-25-30(29)32(34)36-27-22-17-14-15-18-23-28(2)3/h28-30H,4-27H2,1-3H3. The van der Waals surface area contributed by atoms with Crippen LogP contribution in [0.15, 0.2) is 0 Å². The number of ether oxygens (including phenoxy) is 2. The average Bonchev–Trinajstić information content (AvgIpc) is 2.88. The Labute approximate surface area is 224 Å². The first-order valence-corrected chi connectivity index (χ1v) is 15.9. The third-order valence-corrected chi connectivity index (χ3v) is 7.78. The first-order valence-electron chi connectivity index (χ1n) is 15.9. The van der Waals surface area contributed by atoms with Crippen molar-refractivity contribution in [1.82, 2.24) is 0 Å². The van der Waals surface area contributed by atoms with Gasteiger partial charge in [-0.15, -0.1) is 0 Å². The molecule has 0 aliphatic heterocycles. The van der Waals surface area contributed by atoms with E-state index in [0.29, 0.717) is 13.2 Å². The Bertz CT molecular complexity index is 530. The molecular formula is C32H60O4. The monoisotopic (exact) mass is 508 g/mol. The van der Waals surface area contributed by atoms with E-state index < -0.39 is 0 Å². The van der Waals surface area contributed by atoms with Crippen molar-refractivity contribution in [3.63, 3.8) is 0 Å². The number of carbonyl (C=O) groups excluding carboxylic acids is 2. The van der Waals surface area contributed by atoms with Crippen LogP contribution in [0.2, 0.25) is 0 Å². The molecule has 36 heavy (non-hydrogen) atoms. The second kappa shape index (κ2) is 23.1. The second-order valence-electron chi connectivity index (χ2n) is 11.7.